The van der Waals surface area contributed by atoms with Gasteiger partial charge in [-0.05, 0) is 25.7 Å². The lowest BCUT2D eigenvalue weighted by Gasteiger charge is -2.03. The highest BCUT2D eigenvalue weighted by atomic mass is 14.0. The van der Waals surface area contributed by atoms with E-state index in [1.807, 2.05) is 12.2 Å². The molecule has 0 heterocycles. The minimum absolute atomic E-state index is 1.20. The predicted octanol–water partition coefficient (Wildman–Crippen LogP) is 7.99. The van der Waals surface area contributed by atoms with Gasteiger partial charge in [0.15, 0.2) is 0 Å². The third kappa shape index (κ3) is 19.5. The van der Waals surface area contributed by atoms with Crippen LogP contribution in [0.3, 0.4) is 0 Å². The molecular weight excluding hydrogens is 252 g/mol. The molecule has 0 atom stereocenters. The molecule has 0 saturated carbocycles. The molecule has 0 aromatic heterocycles. The second kappa shape index (κ2) is 19.5. The van der Waals surface area contributed by atoms with Crippen LogP contribution in [0.2, 0.25) is 0 Å². The summed E-state index contributed by atoms with van der Waals surface area (Å²) in [6.07, 6.45) is 28.0. The first-order chi connectivity index (χ1) is 10.4. The van der Waals surface area contributed by atoms with Crippen LogP contribution in [0.25, 0.3) is 0 Å². The van der Waals surface area contributed by atoms with E-state index in [1.54, 1.807) is 0 Å². The molecule has 0 bridgehead atoms. The van der Waals surface area contributed by atoms with E-state index in [2.05, 4.69) is 13.2 Å². The molecule has 0 unspecified atom stereocenters. The lowest BCUT2D eigenvalue weighted by atomic mass is 10.0. The maximum Gasteiger partial charge on any atom is -0.0353 e. The minimum atomic E-state index is 1.20. The highest BCUT2D eigenvalue weighted by Gasteiger charge is 1.94. The van der Waals surface area contributed by atoms with Gasteiger partial charge >= 0.3 is 0 Å². The molecule has 124 valence electrons. The predicted molar refractivity (Wildman–Crippen MR) is 98.9 cm³/mol. The summed E-state index contributed by atoms with van der Waals surface area (Å²) in [6, 6.07) is 0. The van der Waals surface area contributed by atoms with Gasteiger partial charge in [-0.1, -0.05) is 95.6 Å². The number of unbranched alkanes of at least 4 members (excludes halogenated alkanes) is 16. The van der Waals surface area contributed by atoms with Gasteiger partial charge in [-0.2, -0.15) is 0 Å². The summed E-state index contributed by atoms with van der Waals surface area (Å²) in [5.74, 6) is 0. The molecule has 0 fully saturated rings. The largest absolute Gasteiger partial charge is 0.103 e. The third-order valence-corrected chi connectivity index (χ3v) is 4.32. The third-order valence-electron chi connectivity index (χ3n) is 4.32. The highest BCUT2D eigenvalue weighted by molar-refractivity contribution is 4.65. The molecule has 0 aliphatic carbocycles. The Balaban J connectivity index is 2.93. The molecule has 0 heteroatoms. The van der Waals surface area contributed by atoms with Crippen molar-refractivity contribution in [2.24, 2.45) is 0 Å². The van der Waals surface area contributed by atoms with Crippen molar-refractivity contribution < 1.29 is 0 Å². The summed E-state index contributed by atoms with van der Waals surface area (Å²) in [4.78, 5) is 0. The fourth-order valence-corrected chi connectivity index (χ4v) is 2.88. The van der Waals surface area contributed by atoms with Crippen molar-refractivity contribution >= 4 is 0 Å². The van der Waals surface area contributed by atoms with Crippen molar-refractivity contribution in [2.45, 2.75) is 109 Å². The zero-order valence-electron chi connectivity index (χ0n) is 14.6. The second-order valence-electron chi connectivity index (χ2n) is 6.46. The van der Waals surface area contributed by atoms with Crippen LogP contribution in [-0.2, 0) is 0 Å². The van der Waals surface area contributed by atoms with Crippen molar-refractivity contribution in [3.8, 4) is 0 Å². The van der Waals surface area contributed by atoms with Gasteiger partial charge in [0.05, 0.1) is 0 Å². The number of hydrogen-bond donors (Lipinski definition) is 0. The fraction of sp³-hybridized carbons (Fsp3) is 0.810. The average Bonchev–Trinajstić information content (AvgIpc) is 2.50. The number of rotatable bonds is 18. The maximum atomic E-state index is 3.77. The monoisotopic (exact) mass is 292 g/mol. The Morgan fingerprint density at radius 3 is 0.714 bits per heavy atom. The van der Waals surface area contributed by atoms with Crippen molar-refractivity contribution in [3.63, 3.8) is 0 Å². The van der Waals surface area contributed by atoms with Crippen LogP contribution in [0, 0.1) is 0 Å². The fourth-order valence-electron chi connectivity index (χ4n) is 2.88. The molecule has 0 aromatic rings. The van der Waals surface area contributed by atoms with Gasteiger partial charge in [0.25, 0.3) is 0 Å². The van der Waals surface area contributed by atoms with Crippen LogP contribution >= 0.6 is 0 Å². The minimum Gasteiger partial charge on any atom is -0.103 e. The van der Waals surface area contributed by atoms with Gasteiger partial charge < -0.3 is 0 Å². The van der Waals surface area contributed by atoms with E-state index >= 15 is 0 Å². The van der Waals surface area contributed by atoms with Gasteiger partial charge in [0.2, 0.25) is 0 Å². The molecule has 0 amide bonds. The molecule has 0 radical (unpaired) electrons. The molecule has 0 aliphatic heterocycles. The quantitative estimate of drug-likeness (QED) is 0.177. The van der Waals surface area contributed by atoms with Gasteiger partial charge in [0.1, 0.15) is 0 Å². The maximum absolute atomic E-state index is 3.77. The average molecular weight is 293 g/mol. The van der Waals surface area contributed by atoms with Gasteiger partial charge in [-0.25, -0.2) is 0 Å². The normalized spacial score (nSPS) is 10.7. The number of allylic oxidation sites excluding steroid dienone is 2. The Labute approximate surface area is 135 Å². The molecule has 21 heavy (non-hydrogen) atoms. The Morgan fingerprint density at radius 2 is 0.524 bits per heavy atom. The summed E-state index contributed by atoms with van der Waals surface area (Å²) in [5, 5.41) is 0. The van der Waals surface area contributed by atoms with Crippen LogP contribution < -0.4 is 0 Å². The first-order valence-electron chi connectivity index (χ1n) is 9.63. The molecule has 0 aliphatic rings. The second-order valence-corrected chi connectivity index (χ2v) is 6.46. The van der Waals surface area contributed by atoms with E-state index < -0.39 is 0 Å². The smallest absolute Gasteiger partial charge is 0.0353 e. The molecule has 0 nitrogen and oxygen atoms in total. The van der Waals surface area contributed by atoms with Crippen molar-refractivity contribution in [1.29, 1.82) is 0 Å². The van der Waals surface area contributed by atoms with E-state index in [-0.39, 0.29) is 0 Å². The lowest BCUT2D eigenvalue weighted by Crippen LogP contribution is -1.83. The Bertz CT molecular complexity index is 182. The van der Waals surface area contributed by atoms with Crippen LogP contribution in [0.1, 0.15) is 109 Å². The summed E-state index contributed by atoms with van der Waals surface area (Å²) in [7, 11) is 0. The summed E-state index contributed by atoms with van der Waals surface area (Å²) in [6.45, 7) is 7.54. The van der Waals surface area contributed by atoms with E-state index in [0.29, 0.717) is 0 Å². The van der Waals surface area contributed by atoms with Crippen LogP contribution in [0.15, 0.2) is 25.3 Å². The van der Waals surface area contributed by atoms with Gasteiger partial charge in [0, 0.05) is 0 Å². The topological polar surface area (TPSA) is 0 Å². The van der Waals surface area contributed by atoms with E-state index in [1.165, 1.54) is 109 Å². The SMILES string of the molecule is C=CCCCCCCCCCCCCCCCCCC=C. The first-order valence-corrected chi connectivity index (χ1v) is 9.63. The first kappa shape index (κ1) is 20.5. The molecule has 0 rings (SSSR count). The molecule has 0 spiro atoms. The highest BCUT2D eigenvalue weighted by Crippen LogP contribution is 2.14. The lowest BCUT2D eigenvalue weighted by molar-refractivity contribution is 0.531. The summed E-state index contributed by atoms with van der Waals surface area (Å²) in [5.41, 5.74) is 0. The van der Waals surface area contributed by atoms with Crippen LogP contribution in [0.5, 0.6) is 0 Å². The van der Waals surface area contributed by atoms with Crippen molar-refractivity contribution in [1.82, 2.24) is 0 Å². The summed E-state index contributed by atoms with van der Waals surface area (Å²) < 4.78 is 0. The standard InChI is InChI=1S/C21H40/c1-3-5-7-9-11-13-15-17-19-21-20-18-16-14-12-10-8-6-4-2/h3-4H,1-2,5-21H2. The van der Waals surface area contributed by atoms with Gasteiger partial charge in [-0.15, -0.1) is 13.2 Å². The van der Waals surface area contributed by atoms with Crippen LogP contribution in [0.4, 0.5) is 0 Å². The summed E-state index contributed by atoms with van der Waals surface area (Å²) >= 11 is 0. The van der Waals surface area contributed by atoms with E-state index in [0.717, 1.165) is 0 Å². The zero-order valence-corrected chi connectivity index (χ0v) is 14.6. The molecule has 0 N–H and O–H groups in total. The zero-order chi connectivity index (χ0) is 15.4. The Morgan fingerprint density at radius 1 is 0.333 bits per heavy atom. The van der Waals surface area contributed by atoms with Crippen LogP contribution in [-0.4, -0.2) is 0 Å². The van der Waals surface area contributed by atoms with E-state index in [9.17, 15) is 0 Å². The van der Waals surface area contributed by atoms with Crippen molar-refractivity contribution in [3.05, 3.63) is 25.3 Å². The molecule has 0 aromatic carbocycles. The Kier molecular flexibility index (Phi) is 19.0. The molecule has 0 saturated heterocycles. The Hall–Kier alpha value is -0.520. The van der Waals surface area contributed by atoms with Gasteiger partial charge in [-0.3, -0.25) is 0 Å². The van der Waals surface area contributed by atoms with E-state index in [4.69, 9.17) is 0 Å². The van der Waals surface area contributed by atoms with Crippen molar-refractivity contribution in [2.75, 3.05) is 0 Å². The number of hydrogen-bond acceptors (Lipinski definition) is 0. The molecular formula is C21H40.